The second kappa shape index (κ2) is 10.2. The molecule has 124 valence electrons. The van der Waals surface area contributed by atoms with E-state index in [1.807, 2.05) is 0 Å². The van der Waals surface area contributed by atoms with Crippen LogP contribution in [0.1, 0.15) is 25.1 Å². The van der Waals surface area contributed by atoms with Gasteiger partial charge in [-0.05, 0) is 30.2 Å². The molecule has 1 heterocycles. The van der Waals surface area contributed by atoms with Gasteiger partial charge in [-0.1, -0.05) is 19.9 Å². The van der Waals surface area contributed by atoms with Crippen molar-refractivity contribution in [1.29, 1.82) is 0 Å². The Labute approximate surface area is 137 Å². The van der Waals surface area contributed by atoms with Crippen LogP contribution in [0.4, 0.5) is 0 Å². The molecule has 1 aromatic rings. The molecule has 22 heavy (non-hydrogen) atoms. The summed E-state index contributed by atoms with van der Waals surface area (Å²) in [5, 5.41) is 8.69. The molecule has 0 saturated carbocycles. The molecule has 0 saturated heterocycles. The monoisotopic (exact) mass is 324 g/mol. The normalized spacial score (nSPS) is 12.8. The molecule has 1 amide bonds. The van der Waals surface area contributed by atoms with Crippen LogP contribution in [0.25, 0.3) is 0 Å². The molecule has 6 heteroatoms. The summed E-state index contributed by atoms with van der Waals surface area (Å²) in [7, 11) is 3.49. The quantitative estimate of drug-likeness (QED) is 0.568. The van der Waals surface area contributed by atoms with Gasteiger partial charge >= 0.3 is 0 Å². The van der Waals surface area contributed by atoms with Gasteiger partial charge in [0.2, 0.25) is 5.91 Å². The van der Waals surface area contributed by atoms with Gasteiger partial charge in [0, 0.05) is 32.1 Å². The highest BCUT2D eigenvalue weighted by Gasteiger charge is 2.07. The summed E-state index contributed by atoms with van der Waals surface area (Å²) in [5.41, 5.74) is 0. The molecule has 1 unspecified atom stereocenters. The predicted molar refractivity (Wildman–Crippen MR) is 94.5 cm³/mol. The summed E-state index contributed by atoms with van der Waals surface area (Å²) in [6.07, 6.45) is 2.08. The molecule has 0 spiro atoms. The van der Waals surface area contributed by atoms with Crippen molar-refractivity contribution in [2.75, 3.05) is 33.7 Å². The summed E-state index contributed by atoms with van der Waals surface area (Å²) in [4.78, 5) is 18.9. The number of aliphatic imine (C=N–C) groups is 1. The molecule has 1 aromatic heterocycles. The lowest BCUT2D eigenvalue weighted by molar-refractivity contribution is -0.127. The van der Waals surface area contributed by atoms with Gasteiger partial charge in [-0.25, -0.2) is 4.99 Å². The van der Waals surface area contributed by atoms with Gasteiger partial charge in [0.25, 0.3) is 0 Å². The van der Waals surface area contributed by atoms with Gasteiger partial charge in [0.1, 0.15) is 6.54 Å². The number of carbonyl (C=O) groups is 1. The molecule has 2 N–H and O–H groups in total. The van der Waals surface area contributed by atoms with Crippen LogP contribution in [0, 0.1) is 5.92 Å². The molecule has 0 fully saturated rings. The van der Waals surface area contributed by atoms with Gasteiger partial charge in [-0.15, -0.1) is 11.3 Å². The van der Waals surface area contributed by atoms with Gasteiger partial charge in [0.05, 0.1) is 0 Å². The smallest absolute Gasteiger partial charge is 0.243 e. The molecule has 0 aromatic carbocycles. The SMILES string of the molecule is CCCNC(=NCC(=O)N(C)C)NCC(C)Cc1cccs1. The Kier molecular flexibility index (Phi) is 8.58. The molecule has 1 rings (SSSR count). The maximum atomic E-state index is 11.6. The lowest BCUT2D eigenvalue weighted by Crippen LogP contribution is -2.41. The molecule has 0 radical (unpaired) electrons. The summed E-state index contributed by atoms with van der Waals surface area (Å²) >= 11 is 1.79. The van der Waals surface area contributed by atoms with Gasteiger partial charge in [0.15, 0.2) is 5.96 Å². The second-order valence-corrected chi connectivity index (χ2v) is 6.68. The number of guanidine groups is 1. The highest BCUT2D eigenvalue weighted by molar-refractivity contribution is 7.09. The van der Waals surface area contributed by atoms with Crippen molar-refractivity contribution in [2.24, 2.45) is 10.9 Å². The van der Waals surface area contributed by atoms with Crippen molar-refractivity contribution >= 4 is 23.2 Å². The molecule has 0 aliphatic carbocycles. The van der Waals surface area contributed by atoms with E-state index in [2.05, 4.69) is 47.0 Å². The lowest BCUT2D eigenvalue weighted by Gasteiger charge is -2.16. The number of nitrogens with one attached hydrogen (secondary N) is 2. The summed E-state index contributed by atoms with van der Waals surface area (Å²) in [6, 6.07) is 4.25. The second-order valence-electron chi connectivity index (χ2n) is 5.65. The standard InChI is InChI=1S/C16H28N4OS/c1-5-8-17-16(19-12-15(21)20(3)4)18-11-13(2)10-14-7-6-9-22-14/h6-7,9,13H,5,8,10-12H2,1-4H3,(H2,17,18,19). The predicted octanol–water partition coefficient (Wildman–Crippen LogP) is 1.96. The van der Waals surface area contributed by atoms with Gasteiger partial charge in [-0.2, -0.15) is 0 Å². The Balaban J connectivity index is 2.45. The molecular formula is C16H28N4OS. The van der Waals surface area contributed by atoms with Gasteiger partial charge < -0.3 is 15.5 Å². The Morgan fingerprint density at radius 1 is 1.41 bits per heavy atom. The zero-order valence-electron chi connectivity index (χ0n) is 14.1. The fourth-order valence-corrected chi connectivity index (χ4v) is 2.69. The summed E-state index contributed by atoms with van der Waals surface area (Å²) in [6.45, 7) is 6.18. The number of amides is 1. The van der Waals surface area contributed by atoms with Crippen molar-refractivity contribution in [3.63, 3.8) is 0 Å². The first-order chi connectivity index (χ1) is 10.5. The highest BCUT2D eigenvalue weighted by atomic mass is 32.1. The van der Waals surface area contributed by atoms with E-state index in [0.29, 0.717) is 5.92 Å². The minimum Gasteiger partial charge on any atom is -0.356 e. The first kappa shape index (κ1) is 18.5. The van der Waals surface area contributed by atoms with Crippen LogP contribution >= 0.6 is 11.3 Å². The Bertz CT molecular complexity index is 457. The van der Waals surface area contributed by atoms with Crippen molar-refractivity contribution < 1.29 is 4.79 Å². The number of likely N-dealkylation sites (N-methyl/N-ethyl adjacent to an activating group) is 1. The topological polar surface area (TPSA) is 56.7 Å². The van der Waals surface area contributed by atoms with E-state index in [0.717, 1.165) is 31.9 Å². The number of nitrogens with zero attached hydrogens (tertiary/aromatic N) is 2. The molecular weight excluding hydrogens is 296 g/mol. The van der Waals surface area contributed by atoms with E-state index in [1.54, 1.807) is 30.3 Å². The Hall–Kier alpha value is -1.56. The number of carbonyl (C=O) groups excluding carboxylic acids is 1. The van der Waals surface area contributed by atoms with Crippen LogP contribution in [0.5, 0.6) is 0 Å². The van der Waals surface area contributed by atoms with E-state index in [-0.39, 0.29) is 12.5 Å². The van der Waals surface area contributed by atoms with Crippen LogP contribution in [0.15, 0.2) is 22.5 Å². The largest absolute Gasteiger partial charge is 0.356 e. The third kappa shape index (κ3) is 7.45. The average molecular weight is 324 g/mol. The average Bonchev–Trinajstić information content (AvgIpc) is 2.98. The molecule has 0 bridgehead atoms. The van der Waals surface area contributed by atoms with Crippen molar-refractivity contribution in [2.45, 2.75) is 26.7 Å². The maximum absolute atomic E-state index is 11.6. The van der Waals surface area contributed by atoms with Gasteiger partial charge in [-0.3, -0.25) is 4.79 Å². The molecule has 5 nitrogen and oxygen atoms in total. The fourth-order valence-electron chi connectivity index (χ4n) is 1.82. The third-order valence-electron chi connectivity index (χ3n) is 3.16. The number of thiophene rings is 1. The van der Waals surface area contributed by atoms with E-state index in [9.17, 15) is 4.79 Å². The highest BCUT2D eigenvalue weighted by Crippen LogP contribution is 2.13. The summed E-state index contributed by atoms with van der Waals surface area (Å²) in [5.74, 6) is 1.23. The van der Waals surface area contributed by atoms with Crippen LogP contribution in [0.2, 0.25) is 0 Å². The molecule has 0 aliphatic rings. The van der Waals surface area contributed by atoms with E-state index in [1.165, 1.54) is 4.88 Å². The lowest BCUT2D eigenvalue weighted by atomic mass is 10.1. The number of hydrogen-bond donors (Lipinski definition) is 2. The van der Waals surface area contributed by atoms with Crippen molar-refractivity contribution in [1.82, 2.24) is 15.5 Å². The van der Waals surface area contributed by atoms with Crippen LogP contribution in [-0.2, 0) is 11.2 Å². The fraction of sp³-hybridized carbons (Fsp3) is 0.625. The maximum Gasteiger partial charge on any atom is 0.243 e. The first-order valence-electron chi connectivity index (χ1n) is 7.77. The zero-order valence-corrected chi connectivity index (χ0v) is 14.9. The minimum atomic E-state index is 0.00392. The van der Waals surface area contributed by atoms with Crippen LogP contribution in [-0.4, -0.2) is 50.5 Å². The van der Waals surface area contributed by atoms with E-state index >= 15 is 0 Å². The molecule has 1 atom stereocenters. The Morgan fingerprint density at radius 2 is 2.18 bits per heavy atom. The van der Waals surface area contributed by atoms with E-state index in [4.69, 9.17) is 0 Å². The summed E-state index contributed by atoms with van der Waals surface area (Å²) < 4.78 is 0. The number of hydrogen-bond acceptors (Lipinski definition) is 3. The van der Waals surface area contributed by atoms with E-state index < -0.39 is 0 Å². The van der Waals surface area contributed by atoms with Crippen molar-refractivity contribution in [3.05, 3.63) is 22.4 Å². The van der Waals surface area contributed by atoms with Crippen LogP contribution < -0.4 is 10.6 Å². The number of rotatable bonds is 8. The van der Waals surface area contributed by atoms with Crippen LogP contribution in [0.3, 0.4) is 0 Å². The Morgan fingerprint density at radius 3 is 2.77 bits per heavy atom. The third-order valence-corrected chi connectivity index (χ3v) is 4.06. The first-order valence-corrected chi connectivity index (χ1v) is 8.65. The molecule has 0 aliphatic heterocycles. The van der Waals surface area contributed by atoms with Crippen molar-refractivity contribution in [3.8, 4) is 0 Å². The zero-order chi connectivity index (χ0) is 16.4. The minimum absolute atomic E-state index is 0.00392.